The van der Waals surface area contributed by atoms with E-state index in [-0.39, 0.29) is 0 Å². The fraction of sp³-hybridized carbons (Fsp3) is 0.692. The van der Waals surface area contributed by atoms with E-state index >= 15 is 0 Å². The normalized spacial score (nSPS) is 16.9. The van der Waals surface area contributed by atoms with Crippen molar-refractivity contribution in [2.24, 2.45) is 5.92 Å². The average molecular weight is 250 g/mol. The van der Waals surface area contributed by atoms with E-state index in [1.165, 1.54) is 12.8 Å². The molecule has 0 bridgehead atoms. The Hall–Kier alpha value is -1.36. The van der Waals surface area contributed by atoms with Gasteiger partial charge in [-0.15, -0.1) is 0 Å². The van der Waals surface area contributed by atoms with Gasteiger partial charge in [-0.1, -0.05) is 0 Å². The summed E-state index contributed by atoms with van der Waals surface area (Å²) >= 11 is 0. The third-order valence-corrected chi connectivity index (χ3v) is 3.32. The lowest BCUT2D eigenvalue weighted by atomic mass is 9.98. The first kappa shape index (κ1) is 13.1. The lowest BCUT2D eigenvalue weighted by Gasteiger charge is -2.32. The van der Waals surface area contributed by atoms with Gasteiger partial charge in [0, 0.05) is 39.5 Å². The lowest BCUT2D eigenvalue weighted by molar-refractivity contribution is 0.139. The molecule has 5 heteroatoms. The molecule has 1 saturated heterocycles. The van der Waals surface area contributed by atoms with E-state index in [9.17, 15) is 0 Å². The van der Waals surface area contributed by atoms with Gasteiger partial charge >= 0.3 is 0 Å². The smallest absolute Gasteiger partial charge is 0.224 e. The van der Waals surface area contributed by atoms with Gasteiger partial charge in [0.2, 0.25) is 5.95 Å². The summed E-state index contributed by atoms with van der Waals surface area (Å²) in [4.78, 5) is 11.1. The van der Waals surface area contributed by atoms with Gasteiger partial charge in [-0.2, -0.15) is 4.98 Å². The standard InChI is InChI=1S/C13H22N4O/c1-3-14-13-15-7-4-12(16-13)17-8-5-11(6-9-17)10-18-2/h4,7,11H,3,5-6,8-10H2,1-2H3,(H,14,15,16). The average Bonchev–Trinajstić information content (AvgIpc) is 2.41. The zero-order valence-corrected chi connectivity index (χ0v) is 11.2. The highest BCUT2D eigenvalue weighted by atomic mass is 16.5. The summed E-state index contributed by atoms with van der Waals surface area (Å²) in [5.74, 6) is 2.44. The van der Waals surface area contributed by atoms with Crippen LogP contribution in [-0.4, -0.2) is 43.3 Å². The molecule has 2 rings (SSSR count). The van der Waals surface area contributed by atoms with Crippen LogP contribution in [-0.2, 0) is 4.74 Å². The van der Waals surface area contributed by atoms with Gasteiger partial charge in [0.05, 0.1) is 0 Å². The number of aromatic nitrogens is 2. The maximum atomic E-state index is 5.22. The van der Waals surface area contributed by atoms with Gasteiger partial charge in [-0.3, -0.25) is 0 Å². The summed E-state index contributed by atoms with van der Waals surface area (Å²) in [7, 11) is 1.78. The Kier molecular flexibility index (Phi) is 4.75. The van der Waals surface area contributed by atoms with Crippen LogP contribution in [0.2, 0.25) is 0 Å². The van der Waals surface area contributed by atoms with Crippen LogP contribution in [0.25, 0.3) is 0 Å². The molecule has 5 nitrogen and oxygen atoms in total. The van der Waals surface area contributed by atoms with E-state index in [0.29, 0.717) is 11.9 Å². The fourth-order valence-corrected chi connectivity index (χ4v) is 2.33. The summed E-state index contributed by atoms with van der Waals surface area (Å²) < 4.78 is 5.22. The maximum Gasteiger partial charge on any atom is 0.224 e. The van der Waals surface area contributed by atoms with Crippen LogP contribution in [0.1, 0.15) is 19.8 Å². The largest absolute Gasteiger partial charge is 0.384 e. The number of piperidine rings is 1. The number of hydrogen-bond donors (Lipinski definition) is 1. The van der Waals surface area contributed by atoms with Gasteiger partial charge in [0.25, 0.3) is 0 Å². The molecule has 0 aromatic carbocycles. The maximum absolute atomic E-state index is 5.22. The van der Waals surface area contributed by atoms with E-state index in [4.69, 9.17) is 4.74 Å². The Balaban J connectivity index is 1.94. The molecular weight excluding hydrogens is 228 g/mol. The van der Waals surface area contributed by atoms with Crippen LogP contribution in [0.4, 0.5) is 11.8 Å². The topological polar surface area (TPSA) is 50.3 Å². The van der Waals surface area contributed by atoms with Crippen molar-refractivity contribution in [3.8, 4) is 0 Å². The molecular formula is C13H22N4O. The quantitative estimate of drug-likeness (QED) is 0.863. The highest BCUT2D eigenvalue weighted by molar-refractivity contribution is 5.42. The third kappa shape index (κ3) is 3.32. The van der Waals surface area contributed by atoms with E-state index in [1.807, 2.05) is 19.2 Å². The van der Waals surface area contributed by atoms with E-state index in [0.717, 1.165) is 32.1 Å². The number of ether oxygens (including phenoxy) is 1. The Morgan fingerprint density at radius 1 is 1.44 bits per heavy atom. The van der Waals surface area contributed by atoms with Gasteiger partial charge in [-0.05, 0) is 31.7 Å². The number of nitrogens with one attached hydrogen (secondary N) is 1. The molecule has 0 radical (unpaired) electrons. The van der Waals surface area contributed by atoms with Gasteiger partial charge in [-0.25, -0.2) is 4.98 Å². The first-order valence-electron chi connectivity index (χ1n) is 6.64. The molecule has 0 amide bonds. The van der Waals surface area contributed by atoms with Crippen LogP contribution in [0.5, 0.6) is 0 Å². The third-order valence-electron chi connectivity index (χ3n) is 3.32. The van der Waals surface area contributed by atoms with Gasteiger partial charge in [0.1, 0.15) is 5.82 Å². The highest BCUT2D eigenvalue weighted by Gasteiger charge is 2.20. The Morgan fingerprint density at radius 2 is 2.22 bits per heavy atom. The second kappa shape index (κ2) is 6.54. The molecule has 0 aliphatic carbocycles. The molecule has 18 heavy (non-hydrogen) atoms. The number of methoxy groups -OCH3 is 1. The predicted octanol–water partition coefficient (Wildman–Crippen LogP) is 1.77. The lowest BCUT2D eigenvalue weighted by Crippen LogP contribution is -2.35. The van der Waals surface area contributed by atoms with Crippen molar-refractivity contribution in [1.29, 1.82) is 0 Å². The first-order valence-corrected chi connectivity index (χ1v) is 6.64. The molecule has 100 valence electrons. The highest BCUT2D eigenvalue weighted by Crippen LogP contribution is 2.22. The van der Waals surface area contributed by atoms with Crippen molar-refractivity contribution >= 4 is 11.8 Å². The minimum atomic E-state index is 0.696. The summed E-state index contributed by atoms with van der Waals surface area (Å²) in [5, 5.41) is 3.15. The second-order valence-electron chi connectivity index (χ2n) is 4.65. The number of hydrogen-bond acceptors (Lipinski definition) is 5. The molecule has 1 aliphatic rings. The molecule has 1 aromatic rings. The molecule has 0 unspecified atom stereocenters. The van der Waals surface area contributed by atoms with Crippen LogP contribution in [0.3, 0.4) is 0 Å². The van der Waals surface area contributed by atoms with Crippen molar-refractivity contribution in [2.45, 2.75) is 19.8 Å². The van der Waals surface area contributed by atoms with Crippen LogP contribution in [0.15, 0.2) is 12.3 Å². The van der Waals surface area contributed by atoms with E-state index < -0.39 is 0 Å². The van der Waals surface area contributed by atoms with Gasteiger partial charge in [0.15, 0.2) is 0 Å². The van der Waals surface area contributed by atoms with Crippen LogP contribution >= 0.6 is 0 Å². The fourth-order valence-electron chi connectivity index (χ4n) is 2.33. The van der Waals surface area contributed by atoms with E-state index in [2.05, 4.69) is 20.2 Å². The predicted molar refractivity (Wildman–Crippen MR) is 73.0 cm³/mol. The minimum Gasteiger partial charge on any atom is -0.384 e. The SMILES string of the molecule is CCNc1nccc(N2CCC(COC)CC2)n1. The molecule has 0 spiro atoms. The summed E-state index contributed by atoms with van der Waals surface area (Å²) in [5.41, 5.74) is 0. The Bertz CT molecular complexity index is 364. The van der Waals surface area contributed by atoms with Crippen LogP contribution in [0, 0.1) is 5.92 Å². The number of rotatable bonds is 5. The molecule has 1 aliphatic heterocycles. The second-order valence-corrected chi connectivity index (χ2v) is 4.65. The Morgan fingerprint density at radius 3 is 2.89 bits per heavy atom. The molecule has 1 N–H and O–H groups in total. The van der Waals surface area contributed by atoms with Crippen molar-refractivity contribution in [2.75, 3.05) is 43.6 Å². The molecule has 1 aromatic heterocycles. The van der Waals surface area contributed by atoms with Crippen molar-refractivity contribution < 1.29 is 4.74 Å². The van der Waals surface area contributed by atoms with Gasteiger partial charge < -0.3 is 15.0 Å². The molecule has 2 heterocycles. The Labute approximate surface area is 109 Å². The van der Waals surface area contributed by atoms with Crippen molar-refractivity contribution in [3.05, 3.63) is 12.3 Å². The van der Waals surface area contributed by atoms with Crippen molar-refractivity contribution in [1.82, 2.24) is 9.97 Å². The zero-order chi connectivity index (χ0) is 12.8. The monoisotopic (exact) mass is 250 g/mol. The zero-order valence-electron chi connectivity index (χ0n) is 11.2. The molecule has 0 saturated carbocycles. The molecule has 1 fully saturated rings. The van der Waals surface area contributed by atoms with Crippen LogP contribution < -0.4 is 10.2 Å². The summed E-state index contributed by atoms with van der Waals surface area (Å²) in [6.45, 7) is 5.87. The summed E-state index contributed by atoms with van der Waals surface area (Å²) in [6, 6.07) is 1.98. The number of nitrogens with zero attached hydrogens (tertiary/aromatic N) is 3. The van der Waals surface area contributed by atoms with E-state index in [1.54, 1.807) is 7.11 Å². The molecule has 0 atom stereocenters. The first-order chi connectivity index (χ1) is 8.83. The summed E-state index contributed by atoms with van der Waals surface area (Å²) in [6.07, 6.45) is 4.17. The number of anilines is 2. The minimum absolute atomic E-state index is 0.696. The van der Waals surface area contributed by atoms with Crippen molar-refractivity contribution in [3.63, 3.8) is 0 Å².